The number of rotatable bonds is 17. The minimum atomic E-state index is -1.52. The van der Waals surface area contributed by atoms with Gasteiger partial charge in [-0.15, -0.1) is 0 Å². The van der Waals surface area contributed by atoms with E-state index in [2.05, 4.69) is 20.9 Å². The number of nitrogens with two attached hydrogens (primary N) is 2. The maximum Gasteiger partial charge on any atom is 0.326 e. The van der Waals surface area contributed by atoms with Gasteiger partial charge in [0, 0.05) is 23.5 Å². The monoisotopic (exact) mass is 560 g/mol. The number of unbranched alkanes of at least 4 members (excludes halogenated alkanes) is 1. The third kappa shape index (κ3) is 9.35. The van der Waals surface area contributed by atoms with Gasteiger partial charge in [0.2, 0.25) is 17.7 Å². The predicted octanol–water partition coefficient (Wildman–Crippen LogP) is 0.227. The number of hydrogen-bond acceptors (Lipinski definition) is 7. The Balaban J connectivity index is 2.30. The lowest BCUT2D eigenvalue weighted by atomic mass is 9.98. The van der Waals surface area contributed by atoms with E-state index in [-0.39, 0.29) is 6.42 Å². The van der Waals surface area contributed by atoms with Crippen LogP contribution in [0.15, 0.2) is 30.5 Å². The maximum atomic E-state index is 13.4. The highest BCUT2D eigenvalue weighted by atomic mass is 16.4. The second kappa shape index (κ2) is 15.6. The molecule has 13 nitrogen and oxygen atoms in total. The summed E-state index contributed by atoms with van der Waals surface area (Å²) in [7, 11) is 0. The molecule has 0 spiro atoms. The van der Waals surface area contributed by atoms with Gasteiger partial charge < -0.3 is 42.6 Å². The zero-order valence-electron chi connectivity index (χ0n) is 22.8. The molecule has 13 heteroatoms. The van der Waals surface area contributed by atoms with Crippen molar-refractivity contribution in [2.45, 2.75) is 76.5 Å². The highest BCUT2D eigenvalue weighted by Gasteiger charge is 2.33. The van der Waals surface area contributed by atoms with Crippen LogP contribution in [0.3, 0.4) is 0 Å². The molecule has 1 heterocycles. The standard InChI is InChI=1S/C27H40N6O7/c1-3-15(2)23(27(39)40)33-26(38)20(12-16-14-30-19-10-5-4-8-17(16)19)32-25(37)21(13-22(34)35)31-24(36)18(29)9-6-7-11-28/h4-5,8,10,14-15,18,20-21,23,30H,3,6-7,9,11-13,28-29H2,1-2H3,(H,31,36)(H,32,37)(H,33,38)(H,34,35)(H,39,40). The van der Waals surface area contributed by atoms with Gasteiger partial charge in [-0.3, -0.25) is 19.2 Å². The number of H-pyrrole nitrogens is 1. The van der Waals surface area contributed by atoms with E-state index in [1.54, 1.807) is 20.0 Å². The molecular weight excluding hydrogens is 520 g/mol. The van der Waals surface area contributed by atoms with Crippen LogP contribution in [0.1, 0.15) is 51.5 Å². The summed E-state index contributed by atoms with van der Waals surface area (Å²) < 4.78 is 0. The Kier molecular flexibility index (Phi) is 12.6. The largest absolute Gasteiger partial charge is 0.481 e. The number of carboxylic acid groups (broad SMARTS) is 2. The molecule has 0 bridgehead atoms. The number of fused-ring (bicyclic) bond motifs is 1. The average molecular weight is 561 g/mol. The predicted molar refractivity (Wildman–Crippen MR) is 148 cm³/mol. The van der Waals surface area contributed by atoms with Gasteiger partial charge in [0.1, 0.15) is 18.1 Å². The SMILES string of the molecule is CCC(C)C(NC(=O)C(Cc1c[nH]c2ccccc12)NC(=O)C(CC(=O)O)NC(=O)C(N)CCCCN)C(=O)O. The molecule has 2 rings (SSSR count). The van der Waals surface area contributed by atoms with Crippen LogP contribution >= 0.6 is 0 Å². The molecule has 10 N–H and O–H groups in total. The molecule has 40 heavy (non-hydrogen) atoms. The number of aliphatic carboxylic acids is 2. The van der Waals surface area contributed by atoms with Crippen molar-refractivity contribution in [3.05, 3.63) is 36.0 Å². The lowest BCUT2D eigenvalue weighted by Crippen LogP contribution is -2.58. The number of carbonyl (C=O) groups is 5. The second-order valence-electron chi connectivity index (χ2n) is 9.88. The molecule has 1 aromatic heterocycles. The quantitative estimate of drug-likeness (QED) is 0.124. The number of amides is 3. The normalized spacial score (nSPS) is 14.9. The first kappa shape index (κ1) is 32.2. The number of aromatic nitrogens is 1. The summed E-state index contributed by atoms with van der Waals surface area (Å²) in [6, 6.07) is 2.33. The van der Waals surface area contributed by atoms with Gasteiger partial charge in [0.05, 0.1) is 12.5 Å². The average Bonchev–Trinajstić information content (AvgIpc) is 3.32. The van der Waals surface area contributed by atoms with Gasteiger partial charge >= 0.3 is 11.9 Å². The number of para-hydroxylation sites is 1. The molecular formula is C27H40N6O7. The molecule has 2 aromatic rings. The van der Waals surface area contributed by atoms with Crippen molar-refractivity contribution >= 4 is 40.6 Å². The highest BCUT2D eigenvalue weighted by molar-refractivity contribution is 5.96. The number of carboxylic acids is 2. The van der Waals surface area contributed by atoms with E-state index in [9.17, 15) is 34.2 Å². The summed E-state index contributed by atoms with van der Waals surface area (Å²) >= 11 is 0. The third-order valence-corrected chi connectivity index (χ3v) is 6.83. The highest BCUT2D eigenvalue weighted by Crippen LogP contribution is 2.20. The zero-order valence-corrected chi connectivity index (χ0v) is 22.8. The smallest absolute Gasteiger partial charge is 0.326 e. The summed E-state index contributed by atoms with van der Waals surface area (Å²) in [4.78, 5) is 65.7. The summed E-state index contributed by atoms with van der Waals surface area (Å²) in [6.45, 7) is 3.90. The Hall–Kier alpha value is -3.97. The van der Waals surface area contributed by atoms with Crippen LogP contribution in [0.5, 0.6) is 0 Å². The molecule has 0 aliphatic carbocycles. The first-order chi connectivity index (χ1) is 19.0. The fourth-order valence-electron chi connectivity index (χ4n) is 4.24. The maximum absolute atomic E-state index is 13.4. The molecule has 1 aromatic carbocycles. The van der Waals surface area contributed by atoms with E-state index >= 15 is 0 Å². The third-order valence-electron chi connectivity index (χ3n) is 6.83. The van der Waals surface area contributed by atoms with Crippen molar-refractivity contribution in [1.82, 2.24) is 20.9 Å². The Morgan fingerprint density at radius 2 is 1.60 bits per heavy atom. The topological polar surface area (TPSA) is 230 Å². The van der Waals surface area contributed by atoms with Crippen LogP contribution in [0.4, 0.5) is 0 Å². The molecule has 0 radical (unpaired) electrons. The fourth-order valence-corrected chi connectivity index (χ4v) is 4.24. The van der Waals surface area contributed by atoms with E-state index in [1.807, 2.05) is 24.3 Å². The van der Waals surface area contributed by atoms with Crippen LogP contribution in [0, 0.1) is 5.92 Å². The molecule has 0 fully saturated rings. The Labute approximate surface area is 232 Å². The number of aromatic amines is 1. The summed E-state index contributed by atoms with van der Waals surface area (Å²) in [6.07, 6.45) is 2.90. The Bertz CT molecular complexity index is 1180. The van der Waals surface area contributed by atoms with Gasteiger partial charge in [-0.2, -0.15) is 0 Å². The molecule has 0 aliphatic rings. The number of benzene rings is 1. The lowest BCUT2D eigenvalue weighted by Gasteiger charge is -2.26. The number of nitrogens with one attached hydrogen (secondary N) is 4. The van der Waals surface area contributed by atoms with Crippen LogP contribution in [-0.2, 0) is 30.4 Å². The van der Waals surface area contributed by atoms with E-state index < -0.39 is 66.2 Å². The van der Waals surface area contributed by atoms with E-state index in [4.69, 9.17) is 11.5 Å². The zero-order chi connectivity index (χ0) is 29.8. The van der Waals surface area contributed by atoms with Crippen molar-refractivity contribution in [2.24, 2.45) is 17.4 Å². The first-order valence-electron chi connectivity index (χ1n) is 13.3. The minimum absolute atomic E-state index is 0.0270. The first-order valence-corrected chi connectivity index (χ1v) is 13.3. The summed E-state index contributed by atoms with van der Waals surface area (Å²) in [5, 5.41) is 27.2. The molecule has 220 valence electrons. The van der Waals surface area contributed by atoms with Crippen LogP contribution in [0.2, 0.25) is 0 Å². The van der Waals surface area contributed by atoms with Crippen molar-refractivity contribution in [3.63, 3.8) is 0 Å². The molecule has 3 amide bonds. The van der Waals surface area contributed by atoms with Gasteiger partial charge in [-0.05, 0) is 36.9 Å². The Morgan fingerprint density at radius 3 is 2.23 bits per heavy atom. The van der Waals surface area contributed by atoms with E-state index in [0.29, 0.717) is 37.8 Å². The minimum Gasteiger partial charge on any atom is -0.481 e. The van der Waals surface area contributed by atoms with Crippen LogP contribution < -0.4 is 27.4 Å². The van der Waals surface area contributed by atoms with E-state index in [1.165, 1.54) is 0 Å². The van der Waals surface area contributed by atoms with Crippen molar-refractivity contribution in [2.75, 3.05) is 6.54 Å². The number of carbonyl (C=O) groups excluding carboxylic acids is 3. The van der Waals surface area contributed by atoms with Gasteiger partial charge in [-0.1, -0.05) is 44.9 Å². The second-order valence-corrected chi connectivity index (χ2v) is 9.88. The summed E-state index contributed by atoms with van der Waals surface area (Å²) in [5.74, 6) is -5.35. The molecule has 5 atom stereocenters. The summed E-state index contributed by atoms with van der Waals surface area (Å²) in [5.41, 5.74) is 12.8. The van der Waals surface area contributed by atoms with Gasteiger partial charge in [0.25, 0.3) is 0 Å². The Morgan fingerprint density at radius 1 is 0.950 bits per heavy atom. The van der Waals surface area contributed by atoms with Crippen LogP contribution in [-0.4, -0.2) is 75.6 Å². The van der Waals surface area contributed by atoms with E-state index in [0.717, 1.165) is 10.9 Å². The van der Waals surface area contributed by atoms with Crippen molar-refractivity contribution in [3.8, 4) is 0 Å². The molecule has 0 saturated carbocycles. The lowest BCUT2D eigenvalue weighted by molar-refractivity contribution is -0.144. The molecule has 0 saturated heterocycles. The number of hydrogen-bond donors (Lipinski definition) is 8. The van der Waals surface area contributed by atoms with Crippen molar-refractivity contribution < 1.29 is 34.2 Å². The molecule has 0 aliphatic heterocycles. The van der Waals surface area contributed by atoms with Crippen molar-refractivity contribution in [1.29, 1.82) is 0 Å². The van der Waals surface area contributed by atoms with Gasteiger partial charge in [0.15, 0.2) is 0 Å². The molecule has 5 unspecified atom stereocenters. The van der Waals surface area contributed by atoms with Gasteiger partial charge in [-0.25, -0.2) is 4.79 Å². The van der Waals surface area contributed by atoms with Crippen LogP contribution in [0.25, 0.3) is 10.9 Å². The fraction of sp³-hybridized carbons (Fsp3) is 0.519.